The van der Waals surface area contributed by atoms with E-state index in [9.17, 15) is 0 Å². The van der Waals surface area contributed by atoms with Crippen molar-refractivity contribution in [2.24, 2.45) is 0 Å². The predicted molar refractivity (Wildman–Crippen MR) is 97.3 cm³/mol. The van der Waals surface area contributed by atoms with Crippen molar-refractivity contribution < 1.29 is 0 Å². The number of fused-ring (bicyclic) bond motifs is 6. The van der Waals surface area contributed by atoms with E-state index < -0.39 is 0 Å². The Hall–Kier alpha value is -2.13. The molecule has 3 nitrogen and oxygen atoms in total. The molecule has 122 valence electrons. The molecule has 0 radical (unpaired) electrons. The average Bonchev–Trinajstić information content (AvgIpc) is 3.13. The number of hydrogen-bond acceptors (Lipinski definition) is 2. The lowest BCUT2D eigenvalue weighted by Crippen LogP contribution is -2.26. The van der Waals surface area contributed by atoms with Gasteiger partial charge in [-0.1, -0.05) is 17.7 Å². The van der Waals surface area contributed by atoms with Crippen LogP contribution >= 0.6 is 0 Å². The maximum atomic E-state index is 4.50. The Kier molecular flexibility index (Phi) is 3.23. The van der Waals surface area contributed by atoms with Crippen LogP contribution in [0.25, 0.3) is 10.9 Å². The molecular weight excluding hydrogens is 294 g/mol. The van der Waals surface area contributed by atoms with E-state index in [4.69, 9.17) is 0 Å². The van der Waals surface area contributed by atoms with Crippen LogP contribution in [0.3, 0.4) is 0 Å². The van der Waals surface area contributed by atoms with Crippen LogP contribution in [0, 0.1) is 6.92 Å². The highest BCUT2D eigenvalue weighted by Crippen LogP contribution is 2.42. The first kappa shape index (κ1) is 14.2. The zero-order valence-electron chi connectivity index (χ0n) is 14.2. The van der Waals surface area contributed by atoms with E-state index in [-0.39, 0.29) is 0 Å². The number of aryl methyl sites for hydroxylation is 3. The van der Waals surface area contributed by atoms with Crippen LogP contribution in [0.4, 0.5) is 0 Å². The minimum absolute atomic E-state index is 0.731. The van der Waals surface area contributed by atoms with Gasteiger partial charge in [0, 0.05) is 60.5 Å². The molecule has 0 amide bonds. The first-order valence-electron chi connectivity index (χ1n) is 9.03. The summed E-state index contributed by atoms with van der Waals surface area (Å²) in [5.74, 6) is 0.731. The van der Waals surface area contributed by atoms with Gasteiger partial charge in [0.1, 0.15) is 0 Å². The number of hydrogen-bond donors (Lipinski definition) is 0. The van der Waals surface area contributed by atoms with E-state index in [0.717, 1.165) is 25.4 Å². The minimum Gasteiger partial charge on any atom is -0.343 e. The lowest BCUT2D eigenvalue weighted by molar-refractivity contribution is 0.304. The molecule has 2 bridgehead atoms. The quantitative estimate of drug-likeness (QED) is 0.731. The van der Waals surface area contributed by atoms with Gasteiger partial charge in [0.2, 0.25) is 0 Å². The Bertz CT molecular complexity index is 894. The molecule has 1 aromatic carbocycles. The van der Waals surface area contributed by atoms with Crippen molar-refractivity contribution in [1.29, 1.82) is 0 Å². The summed E-state index contributed by atoms with van der Waals surface area (Å²) in [5.41, 5.74) is 7.16. The molecule has 0 aliphatic carbocycles. The molecule has 5 rings (SSSR count). The third kappa shape index (κ3) is 2.19. The normalized spacial score (nSPS) is 22.0. The monoisotopic (exact) mass is 317 g/mol. The second-order valence-corrected chi connectivity index (χ2v) is 7.32. The Labute approximate surface area is 142 Å². The maximum absolute atomic E-state index is 4.50. The van der Waals surface area contributed by atoms with E-state index in [2.05, 4.69) is 51.7 Å². The third-order valence-corrected chi connectivity index (χ3v) is 5.74. The van der Waals surface area contributed by atoms with Crippen LogP contribution in [0.5, 0.6) is 0 Å². The molecule has 2 unspecified atom stereocenters. The highest BCUT2D eigenvalue weighted by molar-refractivity contribution is 5.87. The second-order valence-electron chi connectivity index (χ2n) is 7.32. The Morgan fingerprint density at radius 1 is 1.21 bits per heavy atom. The topological polar surface area (TPSA) is 21.1 Å². The molecule has 1 fully saturated rings. The zero-order chi connectivity index (χ0) is 16.1. The van der Waals surface area contributed by atoms with E-state index in [1.165, 1.54) is 41.7 Å². The SMILES string of the molecule is Cc1ccc2c(c1)c1c(n2CCc2ccccn2)CN2CCC1C2. The van der Waals surface area contributed by atoms with Gasteiger partial charge in [0.05, 0.1) is 0 Å². The molecule has 3 heteroatoms. The molecule has 2 aromatic heterocycles. The summed E-state index contributed by atoms with van der Waals surface area (Å²) in [5, 5.41) is 1.50. The fraction of sp³-hybridized carbons (Fsp3) is 0.381. The van der Waals surface area contributed by atoms with Gasteiger partial charge in [-0.2, -0.15) is 0 Å². The van der Waals surface area contributed by atoms with Crippen LogP contribution in [0.15, 0.2) is 42.6 Å². The van der Waals surface area contributed by atoms with Crippen molar-refractivity contribution in [3.8, 4) is 0 Å². The number of nitrogens with zero attached hydrogens (tertiary/aromatic N) is 3. The molecule has 3 aromatic rings. The highest BCUT2D eigenvalue weighted by Gasteiger charge is 2.35. The van der Waals surface area contributed by atoms with Crippen molar-refractivity contribution in [2.45, 2.75) is 38.8 Å². The van der Waals surface area contributed by atoms with E-state index in [1.54, 1.807) is 11.3 Å². The molecule has 0 N–H and O–H groups in total. The molecule has 0 spiro atoms. The average molecular weight is 317 g/mol. The van der Waals surface area contributed by atoms with Crippen molar-refractivity contribution in [2.75, 3.05) is 13.1 Å². The van der Waals surface area contributed by atoms with Gasteiger partial charge in [0.15, 0.2) is 0 Å². The molecule has 0 saturated carbocycles. The number of pyridine rings is 1. The Morgan fingerprint density at radius 2 is 2.17 bits per heavy atom. The molecule has 24 heavy (non-hydrogen) atoms. The molecule has 2 aliphatic rings. The molecule has 4 heterocycles. The fourth-order valence-electron chi connectivity index (χ4n) is 4.62. The number of benzene rings is 1. The van der Waals surface area contributed by atoms with Crippen LogP contribution in [-0.4, -0.2) is 27.5 Å². The van der Waals surface area contributed by atoms with Crippen LogP contribution in [-0.2, 0) is 19.5 Å². The zero-order valence-corrected chi connectivity index (χ0v) is 14.2. The van der Waals surface area contributed by atoms with E-state index in [0.29, 0.717) is 0 Å². The summed E-state index contributed by atoms with van der Waals surface area (Å²) in [6.07, 6.45) is 4.21. The smallest absolute Gasteiger partial charge is 0.0486 e. The van der Waals surface area contributed by atoms with Gasteiger partial charge in [-0.15, -0.1) is 0 Å². The summed E-state index contributed by atoms with van der Waals surface area (Å²) in [7, 11) is 0. The lowest BCUT2D eigenvalue weighted by Gasteiger charge is -2.25. The van der Waals surface area contributed by atoms with Crippen molar-refractivity contribution >= 4 is 10.9 Å². The highest BCUT2D eigenvalue weighted by atomic mass is 15.2. The van der Waals surface area contributed by atoms with Gasteiger partial charge in [-0.25, -0.2) is 0 Å². The van der Waals surface area contributed by atoms with Crippen molar-refractivity contribution in [3.05, 3.63) is 65.1 Å². The molecule has 2 aliphatic heterocycles. The van der Waals surface area contributed by atoms with Gasteiger partial charge in [-0.05, 0) is 49.7 Å². The van der Waals surface area contributed by atoms with Crippen molar-refractivity contribution in [3.63, 3.8) is 0 Å². The number of rotatable bonds is 3. The Morgan fingerprint density at radius 3 is 3.04 bits per heavy atom. The minimum atomic E-state index is 0.731. The summed E-state index contributed by atoms with van der Waals surface area (Å²) in [4.78, 5) is 7.12. The first-order chi connectivity index (χ1) is 11.8. The van der Waals surface area contributed by atoms with Crippen LogP contribution in [0.2, 0.25) is 0 Å². The fourth-order valence-corrected chi connectivity index (χ4v) is 4.62. The Balaban J connectivity index is 1.61. The maximum Gasteiger partial charge on any atom is 0.0486 e. The molecular formula is C21H23N3. The summed E-state index contributed by atoms with van der Waals surface area (Å²) in [6.45, 7) is 6.85. The first-order valence-corrected chi connectivity index (χ1v) is 9.03. The van der Waals surface area contributed by atoms with Gasteiger partial charge >= 0.3 is 0 Å². The van der Waals surface area contributed by atoms with E-state index >= 15 is 0 Å². The van der Waals surface area contributed by atoms with Crippen molar-refractivity contribution in [1.82, 2.24) is 14.5 Å². The largest absolute Gasteiger partial charge is 0.343 e. The molecule has 2 atom stereocenters. The van der Waals surface area contributed by atoms with E-state index in [1.807, 2.05) is 12.3 Å². The van der Waals surface area contributed by atoms with Gasteiger partial charge < -0.3 is 4.57 Å². The summed E-state index contributed by atoms with van der Waals surface area (Å²) >= 11 is 0. The van der Waals surface area contributed by atoms with Crippen LogP contribution < -0.4 is 0 Å². The van der Waals surface area contributed by atoms with Gasteiger partial charge in [-0.3, -0.25) is 9.88 Å². The lowest BCUT2D eigenvalue weighted by atomic mass is 9.93. The summed E-state index contributed by atoms with van der Waals surface area (Å²) < 4.78 is 2.57. The third-order valence-electron chi connectivity index (χ3n) is 5.74. The van der Waals surface area contributed by atoms with Crippen LogP contribution in [0.1, 0.15) is 34.9 Å². The second kappa shape index (κ2) is 5.45. The predicted octanol–water partition coefficient (Wildman–Crippen LogP) is 3.89. The summed E-state index contributed by atoms with van der Waals surface area (Å²) in [6, 6.07) is 13.2. The number of aromatic nitrogens is 2. The standard InChI is InChI=1S/C21H23N3/c1-15-5-6-19-18(12-15)21-16-7-10-23(13-16)14-20(21)24(19)11-8-17-4-2-3-9-22-17/h2-6,9,12,16H,7-8,10-11,13-14H2,1H3. The van der Waals surface area contributed by atoms with Gasteiger partial charge in [0.25, 0.3) is 0 Å². The molecule has 1 saturated heterocycles.